The van der Waals surface area contributed by atoms with Gasteiger partial charge in [-0.3, -0.25) is 0 Å². The molecule has 0 saturated heterocycles. The molecular formula is C12H18F2SSi. The average molecular weight is 260 g/mol. The van der Waals surface area contributed by atoms with Crippen LogP contribution in [0.1, 0.15) is 26.3 Å². The second-order valence-electron chi connectivity index (χ2n) is 3.99. The lowest BCUT2D eigenvalue weighted by molar-refractivity contribution is 0.427. The molecule has 0 spiro atoms. The van der Waals surface area contributed by atoms with Crippen LogP contribution in [-0.2, 0) is 0 Å². The van der Waals surface area contributed by atoms with Gasteiger partial charge >= 0.3 is 0 Å². The van der Waals surface area contributed by atoms with Gasteiger partial charge in [-0.05, 0) is 22.4 Å². The summed E-state index contributed by atoms with van der Waals surface area (Å²) in [5.41, 5.74) is 0.752. The molecule has 4 heteroatoms. The highest BCUT2D eigenvalue weighted by atomic mass is 32.1. The Kier molecular flexibility index (Phi) is 4.86. The summed E-state index contributed by atoms with van der Waals surface area (Å²) >= 11 is 1.49. The Bertz CT molecular complexity index is 341. The van der Waals surface area contributed by atoms with Crippen molar-refractivity contribution >= 4 is 24.6 Å². The lowest BCUT2D eigenvalue weighted by Gasteiger charge is -2.30. The van der Waals surface area contributed by atoms with E-state index in [9.17, 15) is 8.78 Å². The Morgan fingerprint density at radius 1 is 1.19 bits per heavy atom. The van der Waals surface area contributed by atoms with Crippen LogP contribution in [0.3, 0.4) is 0 Å². The normalized spacial score (nSPS) is 11.6. The first-order valence-electron chi connectivity index (χ1n) is 5.69. The van der Waals surface area contributed by atoms with E-state index in [0.717, 1.165) is 23.7 Å². The van der Waals surface area contributed by atoms with E-state index >= 15 is 0 Å². The first-order valence-corrected chi connectivity index (χ1v) is 9.26. The van der Waals surface area contributed by atoms with Gasteiger partial charge in [0.25, 0.3) is 6.08 Å². The van der Waals surface area contributed by atoms with E-state index in [0.29, 0.717) is 5.20 Å². The summed E-state index contributed by atoms with van der Waals surface area (Å²) < 4.78 is 26.5. The Morgan fingerprint density at radius 3 is 2.06 bits per heavy atom. The molecule has 0 aromatic carbocycles. The Hall–Kier alpha value is -0.483. The van der Waals surface area contributed by atoms with Crippen LogP contribution in [-0.4, -0.2) is 8.07 Å². The maximum atomic E-state index is 13.2. The molecule has 0 fully saturated rings. The fraction of sp³-hybridized carbons (Fsp3) is 0.500. The average Bonchev–Trinajstić information content (AvgIpc) is 2.78. The quantitative estimate of drug-likeness (QED) is 0.621. The largest absolute Gasteiger partial charge is 0.270 e. The molecule has 0 amide bonds. The van der Waals surface area contributed by atoms with Crippen molar-refractivity contribution in [2.24, 2.45) is 0 Å². The molecule has 0 radical (unpaired) electrons. The van der Waals surface area contributed by atoms with Gasteiger partial charge in [-0.25, -0.2) is 0 Å². The molecule has 0 aliphatic heterocycles. The number of halogens is 2. The fourth-order valence-electron chi connectivity index (χ4n) is 2.30. The van der Waals surface area contributed by atoms with Crippen LogP contribution in [0.2, 0.25) is 18.1 Å². The second kappa shape index (κ2) is 5.73. The molecule has 90 valence electrons. The summed E-state index contributed by atoms with van der Waals surface area (Å²) in [4.78, 5) is 0. The van der Waals surface area contributed by atoms with Gasteiger partial charge in [0.15, 0.2) is 0 Å². The molecule has 0 aliphatic rings. The molecule has 1 aromatic heterocycles. The zero-order valence-corrected chi connectivity index (χ0v) is 11.8. The monoisotopic (exact) mass is 260 g/mol. The van der Waals surface area contributed by atoms with Gasteiger partial charge in [-0.15, -0.1) is 0 Å². The Balaban J connectivity index is 3.28. The molecule has 0 unspecified atom stereocenters. The summed E-state index contributed by atoms with van der Waals surface area (Å²) in [6.45, 7) is 6.15. The van der Waals surface area contributed by atoms with Crippen LogP contribution in [0.25, 0.3) is 5.20 Å². The van der Waals surface area contributed by atoms with E-state index in [1.54, 1.807) is 0 Å². The van der Waals surface area contributed by atoms with Crippen molar-refractivity contribution in [2.75, 3.05) is 0 Å². The molecule has 0 nitrogen and oxygen atoms in total. The summed E-state index contributed by atoms with van der Waals surface area (Å²) in [6.07, 6.45) is -1.46. The van der Waals surface area contributed by atoms with Gasteiger partial charge in [-0.2, -0.15) is 20.1 Å². The van der Waals surface area contributed by atoms with Gasteiger partial charge in [0.2, 0.25) is 0 Å². The van der Waals surface area contributed by atoms with E-state index in [-0.39, 0.29) is 0 Å². The number of hydrogen-bond acceptors (Lipinski definition) is 1. The minimum atomic E-state index is -1.98. The molecule has 0 N–H and O–H groups in total. The maximum absolute atomic E-state index is 13.2. The SMILES string of the molecule is CC[Si](CC)(CC)C(=C(F)F)c1ccsc1. The number of rotatable bonds is 5. The van der Waals surface area contributed by atoms with Gasteiger partial charge in [0, 0.05) is 5.20 Å². The Labute approximate surface area is 101 Å². The van der Waals surface area contributed by atoms with Crippen LogP contribution >= 0.6 is 11.3 Å². The predicted octanol–water partition coefficient (Wildman–Crippen LogP) is 5.40. The third-order valence-corrected chi connectivity index (χ3v) is 9.84. The molecular weight excluding hydrogens is 242 g/mol. The van der Waals surface area contributed by atoms with Gasteiger partial charge in [-0.1, -0.05) is 38.9 Å². The highest BCUT2D eigenvalue weighted by Gasteiger charge is 2.35. The van der Waals surface area contributed by atoms with Crippen LogP contribution in [0.5, 0.6) is 0 Å². The smallest absolute Gasteiger partial charge is 0.174 e. The third kappa shape index (κ3) is 2.43. The second-order valence-corrected chi connectivity index (χ2v) is 9.95. The summed E-state index contributed by atoms with van der Waals surface area (Å²) in [5.74, 6) is 0. The van der Waals surface area contributed by atoms with E-state index in [4.69, 9.17) is 0 Å². The van der Waals surface area contributed by atoms with Crippen molar-refractivity contribution < 1.29 is 8.78 Å². The lowest BCUT2D eigenvalue weighted by Crippen LogP contribution is -2.34. The molecule has 1 aromatic rings. The van der Waals surface area contributed by atoms with Crippen molar-refractivity contribution in [3.63, 3.8) is 0 Å². The first-order chi connectivity index (χ1) is 7.61. The van der Waals surface area contributed by atoms with Crippen LogP contribution < -0.4 is 0 Å². The Morgan fingerprint density at radius 2 is 1.75 bits per heavy atom. The van der Waals surface area contributed by atoms with E-state index in [2.05, 4.69) is 20.8 Å². The summed E-state index contributed by atoms with van der Waals surface area (Å²) in [7, 11) is -1.98. The molecule has 16 heavy (non-hydrogen) atoms. The van der Waals surface area contributed by atoms with Crippen molar-refractivity contribution in [1.82, 2.24) is 0 Å². The molecule has 1 heterocycles. The number of thiophene rings is 1. The highest BCUT2D eigenvalue weighted by molar-refractivity contribution is 7.08. The highest BCUT2D eigenvalue weighted by Crippen LogP contribution is 2.39. The van der Waals surface area contributed by atoms with Gasteiger partial charge in [0.05, 0.1) is 8.07 Å². The number of hydrogen-bond donors (Lipinski definition) is 0. The van der Waals surface area contributed by atoms with Crippen LogP contribution in [0, 0.1) is 0 Å². The van der Waals surface area contributed by atoms with Crippen molar-refractivity contribution in [1.29, 1.82) is 0 Å². The van der Waals surface area contributed by atoms with E-state index < -0.39 is 14.2 Å². The van der Waals surface area contributed by atoms with E-state index in [1.165, 1.54) is 11.3 Å². The zero-order chi connectivity index (χ0) is 12.2. The third-order valence-electron chi connectivity index (χ3n) is 3.56. The lowest BCUT2D eigenvalue weighted by atomic mass is 10.3. The zero-order valence-electron chi connectivity index (χ0n) is 10.0. The molecule has 1 rings (SSSR count). The van der Waals surface area contributed by atoms with Gasteiger partial charge < -0.3 is 0 Å². The minimum Gasteiger partial charge on any atom is -0.174 e. The van der Waals surface area contributed by atoms with Crippen molar-refractivity contribution in [2.45, 2.75) is 38.9 Å². The topological polar surface area (TPSA) is 0 Å². The minimum absolute atomic E-state index is 0.390. The molecule has 0 saturated carbocycles. The maximum Gasteiger partial charge on any atom is 0.270 e. The first kappa shape index (κ1) is 13.6. The summed E-state index contributed by atoms with van der Waals surface area (Å²) in [6, 6.07) is 4.50. The van der Waals surface area contributed by atoms with Crippen molar-refractivity contribution in [3.05, 3.63) is 28.5 Å². The van der Waals surface area contributed by atoms with Gasteiger partial charge in [0.1, 0.15) is 0 Å². The summed E-state index contributed by atoms with van der Waals surface area (Å²) in [5, 5.41) is 4.11. The molecule has 0 aliphatic carbocycles. The van der Waals surface area contributed by atoms with Crippen LogP contribution in [0.4, 0.5) is 8.78 Å². The predicted molar refractivity (Wildman–Crippen MR) is 70.7 cm³/mol. The standard InChI is InChI=1S/C12H18F2SSi/c1-4-16(5-2,6-3)11(12(13)14)10-7-8-15-9-10/h7-9H,4-6H2,1-3H3. The van der Waals surface area contributed by atoms with Crippen molar-refractivity contribution in [3.8, 4) is 0 Å². The van der Waals surface area contributed by atoms with Crippen LogP contribution in [0.15, 0.2) is 22.9 Å². The van der Waals surface area contributed by atoms with E-state index in [1.807, 2.05) is 16.8 Å². The molecule has 0 atom stereocenters. The fourth-order valence-corrected chi connectivity index (χ4v) is 6.78. The molecule has 0 bridgehead atoms.